The molecule has 15 heavy (non-hydrogen) atoms. The summed E-state index contributed by atoms with van der Waals surface area (Å²) in [7, 11) is 0. The molecular formula is C12H14N2O. The highest BCUT2D eigenvalue weighted by molar-refractivity contribution is 5.89. The van der Waals surface area contributed by atoms with Crippen molar-refractivity contribution in [2.45, 2.75) is 12.3 Å². The monoisotopic (exact) mass is 209 g/mol. The van der Waals surface area contributed by atoms with Crippen LogP contribution in [0.4, 0.5) is 0 Å². The van der Waals surface area contributed by atoms with Gasteiger partial charge in [-0.15, -0.1) is 0 Å². The first-order chi connectivity index (χ1) is 9.96. The van der Waals surface area contributed by atoms with Gasteiger partial charge in [-0.25, -0.2) is 0 Å². The van der Waals surface area contributed by atoms with Crippen LogP contribution in [0.3, 0.4) is 0 Å². The van der Waals surface area contributed by atoms with Crippen molar-refractivity contribution in [2.24, 2.45) is 0 Å². The van der Waals surface area contributed by atoms with Crippen LogP contribution in [0.1, 0.15) is 27.4 Å². The summed E-state index contributed by atoms with van der Waals surface area (Å²) >= 11 is 0. The lowest BCUT2D eigenvalue weighted by Gasteiger charge is -2.07. The molecule has 1 fully saturated rings. The van der Waals surface area contributed by atoms with Gasteiger partial charge in [-0.3, -0.25) is 0 Å². The van der Waals surface area contributed by atoms with Crippen molar-refractivity contribution >= 4 is 10.9 Å². The minimum atomic E-state index is -2.87. The Hall–Kier alpha value is -1.48. The zero-order chi connectivity index (χ0) is 16.6. The Kier molecular flexibility index (Phi) is 0.913. The van der Waals surface area contributed by atoms with Crippen LogP contribution in [0.2, 0.25) is 0 Å². The van der Waals surface area contributed by atoms with E-state index in [-0.39, 0.29) is 16.7 Å². The molecule has 1 atom stereocenters. The van der Waals surface area contributed by atoms with E-state index in [0.717, 1.165) is 0 Å². The second-order valence-corrected chi connectivity index (χ2v) is 3.28. The number of fused-ring (bicyclic) bond motifs is 1. The molecule has 1 aliphatic heterocycles. The van der Waals surface area contributed by atoms with E-state index in [9.17, 15) is 5.11 Å². The van der Waals surface area contributed by atoms with Crippen molar-refractivity contribution in [1.29, 1.82) is 0 Å². The van der Waals surface area contributed by atoms with Crippen molar-refractivity contribution < 1.29 is 14.7 Å². The second kappa shape index (κ2) is 3.28. The van der Waals surface area contributed by atoms with Gasteiger partial charge in [0.05, 0.1) is 0 Å². The predicted molar refractivity (Wildman–Crippen MR) is 60.2 cm³/mol. The van der Waals surface area contributed by atoms with Gasteiger partial charge in [0, 0.05) is 33.2 Å². The third-order valence-corrected chi connectivity index (χ3v) is 2.39. The lowest BCUT2D eigenvalue weighted by Crippen LogP contribution is -2.07. The molecule has 3 N–H and O–H groups in total. The smallest absolute Gasteiger partial charge is 0.125 e. The van der Waals surface area contributed by atoms with Gasteiger partial charge in [0.15, 0.2) is 0 Å². The Morgan fingerprint density at radius 2 is 2.47 bits per heavy atom. The van der Waals surface area contributed by atoms with Crippen LogP contribution in [0.25, 0.3) is 10.9 Å². The molecule has 0 amide bonds. The molecule has 0 unspecified atom stereocenters. The summed E-state index contributed by atoms with van der Waals surface area (Å²) < 4.78 is 55.9. The summed E-state index contributed by atoms with van der Waals surface area (Å²) in [4.78, 5) is 2.77. The number of aromatic hydroxyl groups is 1. The largest absolute Gasteiger partial charge is 0.507 e. The molecule has 2 heterocycles. The average molecular weight is 209 g/mol. The van der Waals surface area contributed by atoms with E-state index in [0.29, 0.717) is 5.52 Å². The van der Waals surface area contributed by atoms with E-state index in [1.54, 1.807) is 12.1 Å². The quantitative estimate of drug-likeness (QED) is 0.672. The maximum absolute atomic E-state index is 10.0. The van der Waals surface area contributed by atoms with Crippen LogP contribution in [0, 0.1) is 0 Å². The molecule has 1 aliphatic rings. The zero-order valence-corrected chi connectivity index (χ0v) is 7.76. The van der Waals surface area contributed by atoms with Gasteiger partial charge in [-0.05, 0) is 36.5 Å². The van der Waals surface area contributed by atoms with Gasteiger partial charge < -0.3 is 15.4 Å². The molecule has 1 aromatic carbocycles. The van der Waals surface area contributed by atoms with Crippen LogP contribution in [-0.2, 0) is 0 Å². The molecule has 0 spiro atoms. The number of phenolic OH excluding ortho intramolecular Hbond substituents is 1. The highest BCUT2D eigenvalue weighted by atomic mass is 16.3. The first-order valence-electron chi connectivity index (χ1n) is 8.04. The van der Waals surface area contributed by atoms with Crippen molar-refractivity contribution in [2.75, 3.05) is 13.0 Å². The number of nitrogens with one attached hydrogen (secondary N) is 2. The van der Waals surface area contributed by atoms with E-state index in [1.165, 1.54) is 12.3 Å². The van der Waals surface area contributed by atoms with E-state index < -0.39 is 25.3 Å². The van der Waals surface area contributed by atoms with E-state index in [1.807, 2.05) is 5.32 Å². The van der Waals surface area contributed by atoms with E-state index >= 15 is 0 Å². The van der Waals surface area contributed by atoms with Gasteiger partial charge >= 0.3 is 0 Å². The molecular weight excluding hydrogens is 188 g/mol. The SMILES string of the molecule is [2H]C1([2H])NC([2H])([2H])[C@@]([2H])(c2c[nH]c3cccc(O)c23)C1([2H])[2H]. The van der Waals surface area contributed by atoms with Crippen LogP contribution < -0.4 is 5.32 Å². The number of H-pyrrole nitrogens is 1. The minimum Gasteiger partial charge on any atom is -0.507 e. The Bertz CT molecular complexity index is 757. The lowest BCUT2D eigenvalue weighted by atomic mass is 9.97. The standard InChI is InChI=1S/C12H14N2O/c15-11-3-1-2-10-12(11)9(7-14-10)8-4-5-13-6-8/h1-3,7-8,13-15H,4-6H2/t8-/m0/s1/i4D2,5D2,6D2,8D. The maximum Gasteiger partial charge on any atom is 0.125 e. The average Bonchev–Trinajstić information content (AvgIpc) is 2.84. The van der Waals surface area contributed by atoms with Crippen LogP contribution in [0.5, 0.6) is 5.75 Å². The highest BCUT2D eigenvalue weighted by Gasteiger charge is 2.20. The molecule has 0 aliphatic carbocycles. The fourth-order valence-electron chi connectivity index (χ4n) is 1.72. The summed E-state index contributed by atoms with van der Waals surface area (Å²) in [6, 6.07) is 4.51. The predicted octanol–water partition coefficient (Wildman–Crippen LogP) is 1.95. The lowest BCUT2D eigenvalue weighted by molar-refractivity contribution is 0.481. The summed E-state index contributed by atoms with van der Waals surface area (Å²) in [5.41, 5.74) is 0.283. The van der Waals surface area contributed by atoms with Gasteiger partial charge in [0.1, 0.15) is 5.75 Å². The molecule has 78 valence electrons. The van der Waals surface area contributed by atoms with Gasteiger partial charge in [0.25, 0.3) is 0 Å². The molecule has 0 radical (unpaired) electrons. The fourth-order valence-corrected chi connectivity index (χ4v) is 1.72. The molecule has 3 nitrogen and oxygen atoms in total. The fraction of sp³-hybridized carbons (Fsp3) is 0.333. The molecule has 2 aromatic rings. The number of aromatic nitrogens is 1. The van der Waals surface area contributed by atoms with Crippen molar-refractivity contribution in [3.63, 3.8) is 0 Å². The third-order valence-electron chi connectivity index (χ3n) is 2.39. The summed E-state index contributed by atoms with van der Waals surface area (Å²) in [6.07, 6.45) is -1.63. The molecule has 0 bridgehead atoms. The van der Waals surface area contributed by atoms with Crippen molar-refractivity contribution in [3.05, 3.63) is 30.0 Å². The first-order valence-corrected chi connectivity index (χ1v) is 4.54. The van der Waals surface area contributed by atoms with Crippen LogP contribution in [-0.4, -0.2) is 23.1 Å². The van der Waals surface area contributed by atoms with Gasteiger partial charge in [-0.1, -0.05) is 6.07 Å². The number of aromatic amines is 1. The van der Waals surface area contributed by atoms with Gasteiger partial charge in [0.2, 0.25) is 0 Å². The molecule has 3 rings (SSSR count). The second-order valence-electron chi connectivity index (χ2n) is 3.28. The van der Waals surface area contributed by atoms with E-state index in [4.69, 9.17) is 9.60 Å². The third kappa shape index (κ3) is 1.31. The normalized spacial score (nSPS) is 43.1. The topological polar surface area (TPSA) is 48.0 Å². The summed E-state index contributed by atoms with van der Waals surface area (Å²) in [5.74, 6) is -2.82. The van der Waals surface area contributed by atoms with E-state index in [2.05, 4.69) is 4.98 Å². The number of rotatable bonds is 1. The number of hydrogen-bond donors (Lipinski definition) is 3. The molecule has 0 saturated carbocycles. The summed E-state index contributed by atoms with van der Waals surface area (Å²) in [5, 5.41) is 12.1. The molecule has 3 heteroatoms. The zero-order valence-electron chi connectivity index (χ0n) is 14.8. The number of benzene rings is 1. The van der Waals surface area contributed by atoms with Crippen molar-refractivity contribution in [3.8, 4) is 5.75 Å². The Morgan fingerprint density at radius 3 is 3.27 bits per heavy atom. The first kappa shape index (κ1) is 4.18. The Labute approximate surface area is 98.0 Å². The van der Waals surface area contributed by atoms with Crippen molar-refractivity contribution in [1.82, 2.24) is 10.3 Å². The van der Waals surface area contributed by atoms with Crippen LogP contribution in [0.15, 0.2) is 24.4 Å². The number of phenols is 1. The summed E-state index contributed by atoms with van der Waals surface area (Å²) in [6.45, 7) is -5.43. The molecule has 1 saturated heterocycles. The molecule has 1 aromatic heterocycles. The Morgan fingerprint density at radius 1 is 1.53 bits per heavy atom. The highest BCUT2D eigenvalue weighted by Crippen LogP contribution is 2.34. The van der Waals surface area contributed by atoms with Gasteiger partial charge in [-0.2, -0.15) is 0 Å². The van der Waals surface area contributed by atoms with Crippen LogP contribution >= 0.6 is 0 Å². The maximum atomic E-state index is 10.0. The Balaban J connectivity index is 2.37. The number of hydrogen-bond acceptors (Lipinski definition) is 2. The minimum absolute atomic E-state index is 0.116.